The van der Waals surface area contributed by atoms with Crippen LogP contribution >= 0.6 is 0 Å². The lowest BCUT2D eigenvalue weighted by atomic mass is 9.58. The summed E-state index contributed by atoms with van der Waals surface area (Å²) < 4.78 is 0. The lowest BCUT2D eigenvalue weighted by Gasteiger charge is -2.64. The van der Waals surface area contributed by atoms with Gasteiger partial charge in [0.2, 0.25) is 5.91 Å². The third kappa shape index (κ3) is 2.08. The van der Waals surface area contributed by atoms with Crippen molar-refractivity contribution in [2.24, 2.45) is 10.8 Å². The molecule has 1 aliphatic carbocycles. The van der Waals surface area contributed by atoms with Gasteiger partial charge in [-0.15, -0.1) is 0 Å². The Morgan fingerprint density at radius 1 is 1.05 bits per heavy atom. The Bertz CT molecular complexity index is 384. The number of carbonyl (C=O) groups is 1. The van der Waals surface area contributed by atoms with Crippen molar-refractivity contribution in [3.05, 3.63) is 5.21 Å². The molecule has 0 bridgehead atoms. The molecule has 2 aliphatic rings. The van der Waals surface area contributed by atoms with E-state index in [0.29, 0.717) is 0 Å². The van der Waals surface area contributed by atoms with Gasteiger partial charge in [-0.3, -0.25) is 10.1 Å². The zero-order valence-corrected chi connectivity index (χ0v) is 13.8. The van der Waals surface area contributed by atoms with Gasteiger partial charge >= 0.3 is 0 Å². The smallest absolute Gasteiger partial charge is 0.232 e. The first-order chi connectivity index (χ1) is 8.95. The Kier molecular flexibility index (Phi) is 3.50. The van der Waals surface area contributed by atoms with Gasteiger partial charge in [0.05, 0.1) is 5.54 Å². The highest BCUT2D eigenvalue weighted by Gasteiger charge is 2.60. The van der Waals surface area contributed by atoms with Crippen LogP contribution < -0.4 is 5.32 Å². The molecule has 20 heavy (non-hydrogen) atoms. The first-order valence-corrected chi connectivity index (χ1v) is 7.74. The fourth-order valence-corrected chi connectivity index (χ4v) is 4.32. The van der Waals surface area contributed by atoms with Gasteiger partial charge in [-0.2, -0.15) is 0 Å². The van der Waals surface area contributed by atoms with E-state index in [0.717, 1.165) is 30.7 Å². The average molecular weight is 281 g/mol. The normalized spacial score (nSPS) is 26.4. The molecule has 1 spiro atoms. The number of amides is 1. The maximum Gasteiger partial charge on any atom is 0.232 e. The minimum atomic E-state index is -0.624. The lowest BCUT2D eigenvalue weighted by molar-refractivity contribution is -0.151. The summed E-state index contributed by atoms with van der Waals surface area (Å²) in [6.07, 6.45) is 3.63. The molecule has 1 heterocycles. The molecule has 4 nitrogen and oxygen atoms in total. The van der Waals surface area contributed by atoms with Crippen molar-refractivity contribution in [1.82, 2.24) is 10.4 Å². The van der Waals surface area contributed by atoms with Crippen molar-refractivity contribution in [3.8, 4) is 0 Å². The number of piperazine rings is 1. The fraction of sp³-hybridized carbons (Fsp3) is 0.938. The zero-order valence-electron chi connectivity index (χ0n) is 13.8. The third-order valence-corrected chi connectivity index (χ3v) is 5.49. The molecule has 0 unspecified atom stereocenters. The van der Waals surface area contributed by atoms with Crippen LogP contribution in [0.25, 0.3) is 0 Å². The second kappa shape index (κ2) is 4.44. The molecule has 0 aromatic carbocycles. The van der Waals surface area contributed by atoms with Crippen LogP contribution in [0.3, 0.4) is 0 Å². The number of carbonyl (C=O) groups excluding carboxylic acids is 1. The van der Waals surface area contributed by atoms with Gasteiger partial charge in [0.1, 0.15) is 0 Å². The molecular formula is C16H29N2O2-. The SMILES string of the molecule is CC(C)(C)C1(C(C)(C)C)CN([O-])C(=O)C2(CCCC2)N1. The fourth-order valence-electron chi connectivity index (χ4n) is 4.32. The van der Waals surface area contributed by atoms with E-state index in [1.807, 2.05) is 0 Å². The minimum Gasteiger partial charge on any atom is -0.756 e. The van der Waals surface area contributed by atoms with E-state index in [2.05, 4.69) is 46.9 Å². The Morgan fingerprint density at radius 2 is 1.50 bits per heavy atom. The van der Waals surface area contributed by atoms with Crippen LogP contribution in [0.15, 0.2) is 0 Å². The van der Waals surface area contributed by atoms with Crippen LogP contribution in [0.4, 0.5) is 0 Å². The number of hydrogen-bond donors (Lipinski definition) is 1. The molecule has 1 saturated heterocycles. The standard InChI is InChI=1S/C16H29N2O2/c1-13(2,3)16(14(4,5)6)11-18(20)12(19)15(17-16)9-7-8-10-15/h17H,7-11H2,1-6H3/q-1. The summed E-state index contributed by atoms with van der Waals surface area (Å²) in [6, 6.07) is 0. The van der Waals surface area contributed by atoms with E-state index in [9.17, 15) is 10.0 Å². The number of nitrogens with one attached hydrogen (secondary N) is 1. The van der Waals surface area contributed by atoms with E-state index in [1.54, 1.807) is 0 Å². The number of hydroxylamine groups is 2. The van der Waals surface area contributed by atoms with Crippen molar-refractivity contribution in [2.75, 3.05) is 6.54 Å². The van der Waals surface area contributed by atoms with E-state index < -0.39 is 5.54 Å². The highest BCUT2D eigenvalue weighted by atomic mass is 16.5. The van der Waals surface area contributed by atoms with Crippen LogP contribution in [0.5, 0.6) is 0 Å². The van der Waals surface area contributed by atoms with Gasteiger partial charge in [0.25, 0.3) is 0 Å². The van der Waals surface area contributed by atoms with Gasteiger partial charge in [0, 0.05) is 12.1 Å². The van der Waals surface area contributed by atoms with Crippen molar-refractivity contribution >= 4 is 5.91 Å². The third-order valence-electron chi connectivity index (χ3n) is 5.49. The molecular weight excluding hydrogens is 252 g/mol. The first-order valence-electron chi connectivity index (χ1n) is 7.74. The molecule has 0 radical (unpaired) electrons. The number of nitrogens with zero attached hydrogens (tertiary/aromatic N) is 1. The largest absolute Gasteiger partial charge is 0.756 e. The van der Waals surface area contributed by atoms with Gasteiger partial charge < -0.3 is 10.3 Å². The molecule has 116 valence electrons. The van der Waals surface area contributed by atoms with Gasteiger partial charge in [0.15, 0.2) is 0 Å². The summed E-state index contributed by atoms with van der Waals surface area (Å²) in [6.45, 7) is 13.2. The molecule has 2 rings (SSSR count). The number of rotatable bonds is 0. The van der Waals surface area contributed by atoms with Crippen LogP contribution in [-0.2, 0) is 4.79 Å². The Morgan fingerprint density at radius 3 is 1.90 bits per heavy atom. The average Bonchev–Trinajstić information content (AvgIpc) is 2.71. The predicted octanol–water partition coefficient (Wildman–Crippen LogP) is 3.06. The summed E-state index contributed by atoms with van der Waals surface area (Å²) in [5.74, 6) is -0.251. The molecule has 0 aromatic rings. The van der Waals surface area contributed by atoms with Crippen LogP contribution in [-0.4, -0.2) is 28.6 Å². The van der Waals surface area contributed by atoms with E-state index in [-0.39, 0.29) is 28.8 Å². The number of hydrogen-bond acceptors (Lipinski definition) is 3. The monoisotopic (exact) mass is 281 g/mol. The second-order valence-electron chi connectivity index (χ2n) is 8.66. The van der Waals surface area contributed by atoms with Crippen molar-refractivity contribution in [1.29, 1.82) is 0 Å². The van der Waals surface area contributed by atoms with E-state index >= 15 is 0 Å². The predicted molar refractivity (Wildman–Crippen MR) is 81.1 cm³/mol. The van der Waals surface area contributed by atoms with Crippen molar-refractivity contribution in [3.63, 3.8) is 0 Å². The highest BCUT2D eigenvalue weighted by Crippen LogP contribution is 2.50. The second-order valence-corrected chi connectivity index (χ2v) is 8.66. The molecule has 1 aliphatic heterocycles. The minimum absolute atomic E-state index is 0.107. The maximum absolute atomic E-state index is 12.4. The molecule has 0 atom stereocenters. The highest BCUT2D eigenvalue weighted by molar-refractivity contribution is 5.88. The van der Waals surface area contributed by atoms with Crippen LogP contribution in [0, 0.1) is 16.0 Å². The quantitative estimate of drug-likeness (QED) is 0.742. The molecule has 1 N–H and O–H groups in total. The van der Waals surface area contributed by atoms with Crippen molar-refractivity contribution in [2.45, 2.75) is 78.3 Å². The van der Waals surface area contributed by atoms with Gasteiger partial charge in [-0.1, -0.05) is 54.4 Å². The molecule has 1 saturated carbocycles. The van der Waals surface area contributed by atoms with Gasteiger partial charge in [-0.05, 0) is 23.7 Å². The molecule has 2 fully saturated rings. The molecule has 4 heteroatoms. The lowest BCUT2D eigenvalue weighted by Crippen LogP contribution is -2.79. The Hall–Kier alpha value is -0.610. The van der Waals surface area contributed by atoms with E-state index in [1.165, 1.54) is 0 Å². The first kappa shape index (κ1) is 15.8. The molecule has 0 aromatic heterocycles. The zero-order chi connectivity index (χ0) is 15.4. The topological polar surface area (TPSA) is 55.4 Å². The molecule has 1 amide bonds. The Labute approximate surface area is 122 Å². The van der Waals surface area contributed by atoms with Crippen molar-refractivity contribution < 1.29 is 4.79 Å². The summed E-state index contributed by atoms with van der Waals surface area (Å²) in [7, 11) is 0. The van der Waals surface area contributed by atoms with E-state index in [4.69, 9.17) is 0 Å². The summed E-state index contributed by atoms with van der Waals surface area (Å²) in [5, 5.41) is 16.8. The Balaban J connectivity index is 2.52. The van der Waals surface area contributed by atoms with Crippen LogP contribution in [0.2, 0.25) is 0 Å². The summed E-state index contributed by atoms with van der Waals surface area (Å²) in [5.41, 5.74) is -1.21. The van der Waals surface area contributed by atoms with Crippen LogP contribution in [0.1, 0.15) is 67.2 Å². The summed E-state index contributed by atoms with van der Waals surface area (Å²) >= 11 is 0. The van der Waals surface area contributed by atoms with Gasteiger partial charge in [-0.25, -0.2) is 0 Å². The maximum atomic E-state index is 12.4. The summed E-state index contributed by atoms with van der Waals surface area (Å²) in [4.78, 5) is 12.4.